The molecule has 0 spiro atoms. The number of ether oxygens (including phenoxy) is 2. The van der Waals surface area contributed by atoms with Crippen molar-refractivity contribution in [2.45, 2.75) is 70.9 Å². The minimum Gasteiger partial charge on any atom is -1.00 e. The van der Waals surface area contributed by atoms with Crippen LogP contribution in [0.3, 0.4) is 0 Å². The second-order valence-electron chi connectivity index (χ2n) is 8.86. The molecule has 10 heteroatoms. The van der Waals surface area contributed by atoms with Crippen molar-refractivity contribution in [1.82, 2.24) is 10.6 Å². The second kappa shape index (κ2) is 19.4. The standard InChI is InChI=1S/C28H38BrN3O5.ClH/c1-2-3-9-18-31-27(34)25(32-26(33)12-5-4-8-17-30)19-21-13-15-23(16-14-21)37-28(35)36-20-22-10-6-7-11-24(22)29;/h6-7,10-11,13-16,25H,2-5,8-9,12,17-20,30H2,1H3,(H,31,34)(H,32,33);1H/t25-;/m0./s1. The van der Waals surface area contributed by atoms with Crippen molar-refractivity contribution in [2.24, 2.45) is 0 Å². The number of benzene rings is 2. The van der Waals surface area contributed by atoms with Gasteiger partial charge >= 0.3 is 6.16 Å². The van der Waals surface area contributed by atoms with Gasteiger partial charge in [0, 0.05) is 29.4 Å². The van der Waals surface area contributed by atoms with Crippen molar-refractivity contribution in [2.75, 3.05) is 13.1 Å². The SMILES string of the molecule is CCCCCNC(=O)[C@H](Cc1ccc(OC(=O)OCc2ccccc2Br)cc1)NC(=O)CCCCC[NH3+].[Cl-]. The number of nitrogens with one attached hydrogen (secondary N) is 2. The average molecular weight is 613 g/mol. The zero-order valence-electron chi connectivity index (χ0n) is 22.0. The van der Waals surface area contributed by atoms with E-state index in [2.05, 4.69) is 39.2 Å². The first-order valence-electron chi connectivity index (χ1n) is 13.0. The molecule has 38 heavy (non-hydrogen) atoms. The molecule has 0 unspecified atom stereocenters. The van der Waals surface area contributed by atoms with E-state index in [-0.39, 0.29) is 30.8 Å². The third kappa shape index (κ3) is 13.3. The summed E-state index contributed by atoms with van der Waals surface area (Å²) in [4.78, 5) is 37.4. The molecule has 1 atom stereocenters. The van der Waals surface area contributed by atoms with Gasteiger partial charge in [0.05, 0.1) is 6.54 Å². The van der Waals surface area contributed by atoms with E-state index in [4.69, 9.17) is 9.47 Å². The van der Waals surface area contributed by atoms with Crippen LogP contribution in [0.2, 0.25) is 0 Å². The van der Waals surface area contributed by atoms with Crippen LogP contribution in [-0.2, 0) is 27.4 Å². The first-order valence-corrected chi connectivity index (χ1v) is 13.8. The molecule has 0 radical (unpaired) electrons. The van der Waals surface area contributed by atoms with Crippen LogP contribution in [-0.4, -0.2) is 37.1 Å². The van der Waals surface area contributed by atoms with Gasteiger partial charge in [-0.2, -0.15) is 0 Å². The van der Waals surface area contributed by atoms with Crippen LogP contribution < -0.4 is 33.5 Å². The highest BCUT2D eigenvalue weighted by Crippen LogP contribution is 2.18. The summed E-state index contributed by atoms with van der Waals surface area (Å²) in [6, 6.07) is 13.6. The Kier molecular flexibility index (Phi) is 17.1. The first kappa shape index (κ1) is 33.4. The largest absolute Gasteiger partial charge is 1.00 e. The fourth-order valence-electron chi connectivity index (χ4n) is 3.63. The van der Waals surface area contributed by atoms with Gasteiger partial charge in [0.15, 0.2) is 0 Å². The zero-order chi connectivity index (χ0) is 26.9. The van der Waals surface area contributed by atoms with E-state index in [1.54, 1.807) is 24.3 Å². The molecule has 0 aliphatic carbocycles. The predicted octanol–water partition coefficient (Wildman–Crippen LogP) is 1.30. The Morgan fingerprint density at radius 3 is 2.39 bits per heavy atom. The Balaban J connectivity index is 0.00000722. The molecule has 0 fully saturated rings. The number of hydrogen-bond acceptors (Lipinski definition) is 5. The van der Waals surface area contributed by atoms with Crippen LogP contribution in [0.1, 0.15) is 63.0 Å². The van der Waals surface area contributed by atoms with Crippen molar-refractivity contribution < 1.29 is 42.0 Å². The van der Waals surface area contributed by atoms with E-state index in [9.17, 15) is 14.4 Å². The lowest BCUT2D eigenvalue weighted by Crippen LogP contribution is -3.00. The number of amides is 2. The third-order valence-corrected chi connectivity index (χ3v) is 6.53. The summed E-state index contributed by atoms with van der Waals surface area (Å²) < 4.78 is 11.3. The number of carbonyl (C=O) groups excluding carboxylic acids is 3. The van der Waals surface area contributed by atoms with E-state index >= 15 is 0 Å². The smallest absolute Gasteiger partial charge is 0.514 e. The molecule has 0 aromatic heterocycles. The van der Waals surface area contributed by atoms with Gasteiger partial charge in [-0.3, -0.25) is 9.59 Å². The average Bonchev–Trinajstić information content (AvgIpc) is 2.89. The number of carbonyl (C=O) groups is 3. The molecule has 0 saturated carbocycles. The molecule has 2 amide bonds. The van der Waals surface area contributed by atoms with Gasteiger partial charge in [0.1, 0.15) is 18.4 Å². The number of hydrogen-bond donors (Lipinski definition) is 3. The van der Waals surface area contributed by atoms with Gasteiger partial charge in [-0.15, -0.1) is 0 Å². The number of unbranched alkanes of at least 4 members (excludes halogenated alkanes) is 4. The predicted molar refractivity (Wildman–Crippen MR) is 146 cm³/mol. The lowest BCUT2D eigenvalue weighted by molar-refractivity contribution is -0.368. The highest BCUT2D eigenvalue weighted by atomic mass is 79.9. The lowest BCUT2D eigenvalue weighted by atomic mass is 10.0. The molecule has 5 N–H and O–H groups in total. The van der Waals surface area contributed by atoms with Crippen LogP contribution in [0.15, 0.2) is 53.0 Å². The van der Waals surface area contributed by atoms with Gasteiger partial charge < -0.3 is 38.2 Å². The van der Waals surface area contributed by atoms with Crippen LogP contribution in [0.4, 0.5) is 4.79 Å². The van der Waals surface area contributed by atoms with Crippen molar-refractivity contribution in [1.29, 1.82) is 0 Å². The van der Waals surface area contributed by atoms with E-state index in [1.807, 2.05) is 24.3 Å². The van der Waals surface area contributed by atoms with Crippen molar-refractivity contribution in [3.8, 4) is 5.75 Å². The zero-order valence-corrected chi connectivity index (χ0v) is 24.3. The molecular formula is C28H39BrClN3O5. The molecule has 8 nitrogen and oxygen atoms in total. The molecule has 2 aromatic carbocycles. The minimum absolute atomic E-state index is 0. The molecule has 2 rings (SSSR count). The minimum atomic E-state index is -0.807. The van der Waals surface area contributed by atoms with Crippen molar-refractivity contribution >= 4 is 33.9 Å². The van der Waals surface area contributed by atoms with Crippen LogP contribution in [0, 0.1) is 0 Å². The normalized spacial score (nSPS) is 11.1. The number of quaternary nitrogens is 1. The second-order valence-corrected chi connectivity index (χ2v) is 9.72. The quantitative estimate of drug-likeness (QED) is 0.150. The molecule has 0 saturated heterocycles. The molecule has 0 aliphatic heterocycles. The number of halogens is 2. The van der Waals surface area contributed by atoms with Crippen molar-refractivity contribution in [3.63, 3.8) is 0 Å². The molecule has 0 heterocycles. The summed E-state index contributed by atoms with van der Waals surface area (Å²) >= 11 is 3.42. The Hall–Kier alpha value is -2.62. The molecule has 210 valence electrons. The lowest BCUT2D eigenvalue weighted by Gasteiger charge is -2.19. The molecular weight excluding hydrogens is 574 g/mol. The Labute approximate surface area is 239 Å². The molecule has 0 bridgehead atoms. The summed E-state index contributed by atoms with van der Waals surface area (Å²) in [6.07, 6.45) is 5.61. The fraction of sp³-hybridized carbons (Fsp3) is 0.464. The van der Waals surface area contributed by atoms with Gasteiger partial charge in [0.2, 0.25) is 11.8 Å². The first-order chi connectivity index (χ1) is 17.9. The summed E-state index contributed by atoms with van der Waals surface area (Å²) in [7, 11) is 0. The molecule has 0 aliphatic rings. The maximum Gasteiger partial charge on any atom is 0.514 e. The maximum atomic E-state index is 12.8. The Bertz CT molecular complexity index is 991. The van der Waals surface area contributed by atoms with Gasteiger partial charge in [-0.05, 0) is 49.4 Å². The number of rotatable bonds is 16. The topological polar surface area (TPSA) is 121 Å². The summed E-state index contributed by atoms with van der Waals surface area (Å²) in [5, 5.41) is 5.83. The van der Waals surface area contributed by atoms with E-state index < -0.39 is 12.2 Å². The van der Waals surface area contributed by atoms with Crippen LogP contribution in [0.25, 0.3) is 0 Å². The van der Waals surface area contributed by atoms with E-state index in [0.717, 1.165) is 60.7 Å². The Morgan fingerprint density at radius 1 is 0.974 bits per heavy atom. The third-order valence-electron chi connectivity index (χ3n) is 5.75. The van der Waals surface area contributed by atoms with Gasteiger partial charge in [0.25, 0.3) is 0 Å². The van der Waals surface area contributed by atoms with E-state index in [1.165, 1.54) is 0 Å². The Morgan fingerprint density at radius 2 is 1.71 bits per heavy atom. The fourth-order valence-corrected chi connectivity index (χ4v) is 4.03. The van der Waals surface area contributed by atoms with E-state index in [0.29, 0.717) is 25.1 Å². The van der Waals surface area contributed by atoms with Crippen molar-refractivity contribution in [3.05, 3.63) is 64.1 Å². The maximum absolute atomic E-state index is 12.8. The monoisotopic (exact) mass is 611 g/mol. The van der Waals surface area contributed by atoms with Crippen LogP contribution in [0.5, 0.6) is 5.75 Å². The summed E-state index contributed by atoms with van der Waals surface area (Å²) in [5.41, 5.74) is 5.48. The molecule has 2 aromatic rings. The van der Waals surface area contributed by atoms with Gasteiger partial charge in [-0.1, -0.05) is 66.0 Å². The van der Waals surface area contributed by atoms with Crippen LogP contribution >= 0.6 is 15.9 Å². The highest BCUT2D eigenvalue weighted by Gasteiger charge is 2.21. The summed E-state index contributed by atoms with van der Waals surface area (Å²) in [6.45, 7) is 3.63. The van der Waals surface area contributed by atoms with Gasteiger partial charge in [-0.25, -0.2) is 4.79 Å². The highest BCUT2D eigenvalue weighted by molar-refractivity contribution is 9.10. The summed E-state index contributed by atoms with van der Waals surface area (Å²) in [5.74, 6) is -0.000366.